The molecule has 0 bridgehead atoms. The molecule has 0 radical (unpaired) electrons. The number of pyridine rings is 1. The summed E-state index contributed by atoms with van der Waals surface area (Å²) in [6.07, 6.45) is 3.63. The Morgan fingerprint density at radius 3 is 2.52 bits per heavy atom. The van der Waals surface area contributed by atoms with Gasteiger partial charge in [0.2, 0.25) is 0 Å². The van der Waals surface area contributed by atoms with Gasteiger partial charge in [-0.15, -0.1) is 0 Å². The summed E-state index contributed by atoms with van der Waals surface area (Å²) in [5.41, 5.74) is 10.2. The molecule has 2 aromatic heterocycles. The van der Waals surface area contributed by atoms with Crippen molar-refractivity contribution in [3.8, 4) is 11.1 Å². The number of hydrogen-bond donors (Lipinski definition) is 1. The molecular formula is C17H22N4. The molecule has 0 fully saturated rings. The second-order valence-corrected chi connectivity index (χ2v) is 4.76. The van der Waals surface area contributed by atoms with Gasteiger partial charge in [0.05, 0.1) is 17.1 Å². The third-order valence-electron chi connectivity index (χ3n) is 3.32. The topological polar surface area (TPSA) is 56.7 Å². The van der Waals surface area contributed by atoms with Crippen LogP contribution in [0.3, 0.4) is 0 Å². The average Bonchev–Trinajstić information content (AvgIpc) is 2.87. The Balaban J connectivity index is 0.000000774. The lowest BCUT2D eigenvalue weighted by Gasteiger charge is -2.04. The number of imidazole rings is 1. The Bertz CT molecular complexity index is 714. The Labute approximate surface area is 125 Å². The predicted molar refractivity (Wildman–Crippen MR) is 87.9 cm³/mol. The van der Waals surface area contributed by atoms with Crippen molar-refractivity contribution in [1.29, 1.82) is 0 Å². The summed E-state index contributed by atoms with van der Waals surface area (Å²) in [6.45, 7) is 5.95. The standard InChI is InChI=1S/C15H16N4.C2H6/c1-10(16)15-18-13-8-11(5-6-14(13)19(15)2)12-4-3-7-17-9-12;1-2/h3-10H,16H2,1-2H3;1-2H3. The van der Waals surface area contributed by atoms with Gasteiger partial charge in [-0.1, -0.05) is 26.0 Å². The number of benzene rings is 1. The molecule has 110 valence electrons. The zero-order chi connectivity index (χ0) is 15.4. The van der Waals surface area contributed by atoms with E-state index in [2.05, 4.69) is 28.2 Å². The van der Waals surface area contributed by atoms with Crippen LogP contribution in [-0.2, 0) is 7.05 Å². The lowest BCUT2D eigenvalue weighted by atomic mass is 10.1. The van der Waals surface area contributed by atoms with Crippen molar-refractivity contribution in [2.24, 2.45) is 12.8 Å². The summed E-state index contributed by atoms with van der Waals surface area (Å²) in [5.74, 6) is 0.901. The van der Waals surface area contributed by atoms with Gasteiger partial charge in [0.15, 0.2) is 0 Å². The number of aryl methyl sites for hydroxylation is 1. The number of aromatic nitrogens is 3. The highest BCUT2D eigenvalue weighted by atomic mass is 15.1. The van der Waals surface area contributed by atoms with Gasteiger partial charge in [-0.3, -0.25) is 4.98 Å². The minimum absolute atomic E-state index is 0.0701. The number of rotatable bonds is 2. The highest BCUT2D eigenvalue weighted by Gasteiger charge is 2.11. The lowest BCUT2D eigenvalue weighted by Crippen LogP contribution is -2.11. The first-order valence-corrected chi connectivity index (χ1v) is 7.29. The van der Waals surface area contributed by atoms with E-state index < -0.39 is 0 Å². The smallest absolute Gasteiger partial charge is 0.126 e. The van der Waals surface area contributed by atoms with Crippen LogP contribution in [0.4, 0.5) is 0 Å². The van der Waals surface area contributed by atoms with Crippen molar-refractivity contribution in [3.05, 3.63) is 48.5 Å². The van der Waals surface area contributed by atoms with Crippen LogP contribution in [-0.4, -0.2) is 14.5 Å². The van der Waals surface area contributed by atoms with E-state index in [9.17, 15) is 0 Å². The van der Waals surface area contributed by atoms with E-state index >= 15 is 0 Å². The van der Waals surface area contributed by atoms with Gasteiger partial charge in [0.1, 0.15) is 5.82 Å². The van der Waals surface area contributed by atoms with Gasteiger partial charge < -0.3 is 10.3 Å². The van der Waals surface area contributed by atoms with Crippen LogP contribution in [0.5, 0.6) is 0 Å². The highest BCUT2D eigenvalue weighted by Crippen LogP contribution is 2.25. The van der Waals surface area contributed by atoms with Gasteiger partial charge in [-0.25, -0.2) is 4.98 Å². The third-order valence-corrected chi connectivity index (χ3v) is 3.32. The van der Waals surface area contributed by atoms with Crippen molar-refractivity contribution >= 4 is 11.0 Å². The predicted octanol–water partition coefficient (Wildman–Crippen LogP) is 3.68. The van der Waals surface area contributed by atoms with Crippen LogP contribution >= 0.6 is 0 Å². The van der Waals surface area contributed by atoms with E-state index in [1.54, 1.807) is 6.20 Å². The Morgan fingerprint density at radius 1 is 1.14 bits per heavy atom. The van der Waals surface area contributed by atoms with E-state index in [1.165, 1.54) is 0 Å². The first-order chi connectivity index (χ1) is 10.2. The number of fused-ring (bicyclic) bond motifs is 1. The van der Waals surface area contributed by atoms with Crippen molar-refractivity contribution in [2.45, 2.75) is 26.8 Å². The summed E-state index contributed by atoms with van der Waals surface area (Å²) in [5, 5.41) is 0. The summed E-state index contributed by atoms with van der Waals surface area (Å²) in [7, 11) is 2.00. The maximum atomic E-state index is 5.93. The molecule has 0 saturated carbocycles. The molecule has 2 N–H and O–H groups in total. The van der Waals surface area contributed by atoms with Crippen LogP contribution in [0.15, 0.2) is 42.7 Å². The quantitative estimate of drug-likeness (QED) is 0.780. The molecule has 0 aliphatic rings. The minimum Gasteiger partial charge on any atom is -0.330 e. The molecule has 1 aromatic carbocycles. The summed E-state index contributed by atoms with van der Waals surface area (Å²) >= 11 is 0. The normalized spacial score (nSPS) is 11.9. The molecule has 2 heterocycles. The highest BCUT2D eigenvalue weighted by molar-refractivity contribution is 5.82. The van der Waals surface area contributed by atoms with Gasteiger partial charge in [-0.05, 0) is 30.7 Å². The van der Waals surface area contributed by atoms with Gasteiger partial charge in [0.25, 0.3) is 0 Å². The Kier molecular flexibility index (Phi) is 4.70. The maximum absolute atomic E-state index is 5.93. The second-order valence-electron chi connectivity index (χ2n) is 4.76. The molecule has 3 rings (SSSR count). The molecule has 0 saturated heterocycles. The fraction of sp³-hybridized carbons (Fsp3) is 0.294. The second kappa shape index (κ2) is 6.50. The molecule has 0 amide bonds. The Morgan fingerprint density at radius 2 is 1.90 bits per heavy atom. The maximum Gasteiger partial charge on any atom is 0.126 e. The molecule has 3 aromatic rings. The van der Waals surface area contributed by atoms with Crippen LogP contribution < -0.4 is 5.73 Å². The van der Waals surface area contributed by atoms with Crippen molar-refractivity contribution < 1.29 is 0 Å². The first-order valence-electron chi connectivity index (χ1n) is 7.29. The molecule has 4 nitrogen and oxygen atoms in total. The molecule has 1 unspecified atom stereocenters. The first kappa shape index (κ1) is 15.2. The SMILES string of the molecule is CC.CC(N)c1nc2cc(-c3cccnc3)ccc2n1C. The summed E-state index contributed by atoms with van der Waals surface area (Å²) in [6, 6.07) is 10.2. The fourth-order valence-corrected chi connectivity index (χ4v) is 2.34. The van der Waals surface area contributed by atoms with Crippen LogP contribution in [0.1, 0.15) is 32.6 Å². The summed E-state index contributed by atoms with van der Waals surface area (Å²) in [4.78, 5) is 8.76. The summed E-state index contributed by atoms with van der Waals surface area (Å²) < 4.78 is 2.05. The van der Waals surface area contributed by atoms with Crippen LogP contribution in [0, 0.1) is 0 Å². The zero-order valence-electron chi connectivity index (χ0n) is 13.0. The van der Waals surface area contributed by atoms with Gasteiger partial charge in [-0.2, -0.15) is 0 Å². The van der Waals surface area contributed by atoms with Gasteiger partial charge >= 0.3 is 0 Å². The van der Waals surface area contributed by atoms with E-state index in [1.807, 2.05) is 50.7 Å². The Hall–Kier alpha value is -2.20. The molecule has 0 spiro atoms. The van der Waals surface area contributed by atoms with E-state index in [0.29, 0.717) is 0 Å². The van der Waals surface area contributed by atoms with E-state index in [4.69, 9.17) is 5.73 Å². The minimum atomic E-state index is -0.0701. The third kappa shape index (κ3) is 2.95. The van der Waals surface area contributed by atoms with Crippen molar-refractivity contribution in [1.82, 2.24) is 14.5 Å². The molecule has 21 heavy (non-hydrogen) atoms. The van der Waals surface area contributed by atoms with Gasteiger partial charge in [0, 0.05) is 25.0 Å². The van der Waals surface area contributed by atoms with E-state index in [0.717, 1.165) is 28.0 Å². The number of nitrogens with two attached hydrogens (primary N) is 1. The lowest BCUT2D eigenvalue weighted by molar-refractivity contribution is 0.696. The fourth-order valence-electron chi connectivity index (χ4n) is 2.34. The van der Waals surface area contributed by atoms with Crippen LogP contribution in [0.2, 0.25) is 0 Å². The monoisotopic (exact) mass is 282 g/mol. The molecule has 0 aliphatic heterocycles. The molecular weight excluding hydrogens is 260 g/mol. The largest absolute Gasteiger partial charge is 0.330 e. The van der Waals surface area contributed by atoms with Crippen molar-refractivity contribution in [2.75, 3.05) is 0 Å². The number of hydrogen-bond acceptors (Lipinski definition) is 3. The molecule has 1 atom stereocenters. The molecule has 4 heteroatoms. The van der Waals surface area contributed by atoms with Crippen LogP contribution in [0.25, 0.3) is 22.2 Å². The average molecular weight is 282 g/mol. The molecule has 0 aliphatic carbocycles. The van der Waals surface area contributed by atoms with Crippen molar-refractivity contribution in [3.63, 3.8) is 0 Å². The van der Waals surface area contributed by atoms with E-state index in [-0.39, 0.29) is 6.04 Å². The zero-order valence-corrected chi connectivity index (χ0v) is 13.0. The number of nitrogens with zero attached hydrogens (tertiary/aromatic N) is 3.